The average molecular weight is 251 g/mol. The van der Waals surface area contributed by atoms with Crippen molar-refractivity contribution in [2.24, 2.45) is 5.73 Å². The van der Waals surface area contributed by atoms with Gasteiger partial charge in [-0.05, 0) is 36.2 Å². The lowest BCUT2D eigenvalue weighted by Gasteiger charge is -2.10. The number of benzene rings is 2. The zero-order valence-electron chi connectivity index (χ0n) is 11.0. The number of fused-ring (bicyclic) bond motifs is 1. The minimum absolute atomic E-state index is 0.119. The first-order valence-electron chi connectivity index (χ1n) is 6.57. The molecule has 0 saturated heterocycles. The lowest BCUT2D eigenvalue weighted by Crippen LogP contribution is -2.08. The highest BCUT2D eigenvalue weighted by Crippen LogP contribution is 2.20. The first-order chi connectivity index (χ1) is 9.29. The quantitative estimate of drug-likeness (QED) is 0.775. The van der Waals surface area contributed by atoms with Crippen LogP contribution in [0, 0.1) is 0 Å². The molecule has 1 heterocycles. The Morgan fingerprint density at radius 1 is 1.11 bits per heavy atom. The fourth-order valence-electron chi connectivity index (χ4n) is 2.28. The molecule has 0 aliphatic rings. The van der Waals surface area contributed by atoms with Crippen LogP contribution in [0.5, 0.6) is 0 Å². The van der Waals surface area contributed by atoms with Crippen molar-refractivity contribution >= 4 is 11.0 Å². The topological polar surface area (TPSA) is 43.8 Å². The van der Waals surface area contributed by atoms with E-state index in [-0.39, 0.29) is 6.04 Å². The van der Waals surface area contributed by atoms with Gasteiger partial charge in [0.1, 0.15) is 6.33 Å². The van der Waals surface area contributed by atoms with Gasteiger partial charge >= 0.3 is 0 Å². The normalized spacial score (nSPS) is 12.7. The van der Waals surface area contributed by atoms with Crippen LogP contribution < -0.4 is 5.73 Å². The number of hydrogen-bond donors (Lipinski definition) is 1. The Hall–Kier alpha value is -2.13. The number of hydrogen-bond acceptors (Lipinski definition) is 2. The molecule has 0 spiro atoms. The third-order valence-corrected chi connectivity index (χ3v) is 3.49. The van der Waals surface area contributed by atoms with Gasteiger partial charge in [0, 0.05) is 11.7 Å². The molecule has 2 N–H and O–H groups in total. The second-order valence-corrected chi connectivity index (χ2v) is 4.71. The summed E-state index contributed by atoms with van der Waals surface area (Å²) in [5, 5.41) is 0. The van der Waals surface area contributed by atoms with Crippen LogP contribution in [0.25, 0.3) is 16.7 Å². The highest BCUT2D eigenvalue weighted by Gasteiger charge is 2.06. The predicted molar refractivity (Wildman–Crippen MR) is 78.3 cm³/mol. The van der Waals surface area contributed by atoms with Gasteiger partial charge in [-0.15, -0.1) is 0 Å². The van der Waals surface area contributed by atoms with Crippen LogP contribution >= 0.6 is 0 Å². The number of para-hydroxylation sites is 2. The van der Waals surface area contributed by atoms with Crippen molar-refractivity contribution in [2.75, 3.05) is 0 Å². The maximum absolute atomic E-state index is 6.03. The molecule has 0 bridgehead atoms. The van der Waals surface area contributed by atoms with Crippen LogP contribution in [-0.2, 0) is 0 Å². The zero-order chi connectivity index (χ0) is 13.2. The molecule has 0 amide bonds. The summed E-state index contributed by atoms with van der Waals surface area (Å²) in [5.74, 6) is 0. The SMILES string of the molecule is CC[C@H](N)c1ccc(-n2cnc3ccccc32)cc1. The van der Waals surface area contributed by atoms with Crippen LogP contribution in [0.15, 0.2) is 54.9 Å². The molecule has 1 aromatic heterocycles. The van der Waals surface area contributed by atoms with Crippen LogP contribution in [0.4, 0.5) is 0 Å². The van der Waals surface area contributed by atoms with Crippen molar-refractivity contribution < 1.29 is 0 Å². The summed E-state index contributed by atoms with van der Waals surface area (Å²) < 4.78 is 2.09. The Labute approximate surface area is 112 Å². The van der Waals surface area contributed by atoms with Crippen molar-refractivity contribution in [3.63, 3.8) is 0 Å². The largest absolute Gasteiger partial charge is 0.324 e. The van der Waals surface area contributed by atoms with E-state index in [0.717, 1.165) is 23.1 Å². The highest BCUT2D eigenvalue weighted by molar-refractivity contribution is 5.77. The molecular formula is C16H17N3. The van der Waals surface area contributed by atoms with E-state index in [9.17, 15) is 0 Å². The van der Waals surface area contributed by atoms with Gasteiger partial charge in [0.25, 0.3) is 0 Å². The monoisotopic (exact) mass is 251 g/mol. The Morgan fingerprint density at radius 2 is 1.84 bits per heavy atom. The van der Waals surface area contributed by atoms with Gasteiger partial charge in [0.2, 0.25) is 0 Å². The van der Waals surface area contributed by atoms with Gasteiger partial charge in [-0.1, -0.05) is 31.2 Å². The molecule has 0 aliphatic heterocycles. The van der Waals surface area contributed by atoms with E-state index < -0.39 is 0 Å². The summed E-state index contributed by atoms with van der Waals surface area (Å²) in [4.78, 5) is 4.41. The number of nitrogens with two attached hydrogens (primary N) is 1. The van der Waals surface area contributed by atoms with Crippen LogP contribution in [0.3, 0.4) is 0 Å². The minimum Gasteiger partial charge on any atom is -0.324 e. The molecule has 3 nitrogen and oxygen atoms in total. The van der Waals surface area contributed by atoms with Gasteiger partial charge in [-0.3, -0.25) is 4.57 Å². The number of rotatable bonds is 3. The zero-order valence-corrected chi connectivity index (χ0v) is 11.0. The van der Waals surface area contributed by atoms with Gasteiger partial charge < -0.3 is 5.73 Å². The summed E-state index contributed by atoms with van der Waals surface area (Å²) >= 11 is 0. The Kier molecular flexibility index (Phi) is 3.05. The van der Waals surface area contributed by atoms with Crippen molar-refractivity contribution in [3.05, 3.63) is 60.4 Å². The maximum Gasteiger partial charge on any atom is 0.100 e. The second-order valence-electron chi connectivity index (χ2n) is 4.71. The molecule has 0 aliphatic carbocycles. The van der Waals surface area contributed by atoms with E-state index in [0.29, 0.717) is 0 Å². The molecule has 0 unspecified atom stereocenters. The molecule has 0 saturated carbocycles. The Bertz CT molecular complexity index is 683. The lowest BCUT2D eigenvalue weighted by molar-refractivity contribution is 0.698. The fraction of sp³-hybridized carbons (Fsp3) is 0.188. The first-order valence-corrected chi connectivity index (χ1v) is 6.57. The Morgan fingerprint density at radius 3 is 2.58 bits per heavy atom. The summed E-state index contributed by atoms with van der Waals surface area (Å²) in [6.45, 7) is 2.10. The van der Waals surface area contributed by atoms with Crippen LogP contribution in [0.1, 0.15) is 24.9 Å². The lowest BCUT2D eigenvalue weighted by atomic mass is 10.1. The predicted octanol–water partition coefficient (Wildman–Crippen LogP) is 3.44. The summed E-state index contributed by atoms with van der Waals surface area (Å²) in [5.41, 5.74) is 10.5. The molecular weight excluding hydrogens is 234 g/mol. The molecule has 1 atom stereocenters. The maximum atomic E-state index is 6.03. The molecule has 19 heavy (non-hydrogen) atoms. The van der Waals surface area contributed by atoms with Gasteiger partial charge in [-0.25, -0.2) is 4.98 Å². The number of aromatic nitrogens is 2. The second kappa shape index (κ2) is 4.86. The van der Waals surface area contributed by atoms with Crippen molar-refractivity contribution in [1.82, 2.24) is 9.55 Å². The Balaban J connectivity index is 2.02. The van der Waals surface area contributed by atoms with E-state index in [4.69, 9.17) is 5.73 Å². The van der Waals surface area contributed by atoms with E-state index in [2.05, 4.69) is 46.8 Å². The van der Waals surface area contributed by atoms with Crippen molar-refractivity contribution in [1.29, 1.82) is 0 Å². The van der Waals surface area contributed by atoms with Gasteiger partial charge in [0.05, 0.1) is 11.0 Å². The molecule has 3 aromatic rings. The van der Waals surface area contributed by atoms with Crippen LogP contribution in [0.2, 0.25) is 0 Å². The first kappa shape index (κ1) is 11.9. The summed E-state index contributed by atoms with van der Waals surface area (Å²) in [6.07, 6.45) is 2.81. The van der Waals surface area contributed by atoms with Gasteiger partial charge in [-0.2, -0.15) is 0 Å². The molecule has 3 heteroatoms. The summed E-state index contributed by atoms with van der Waals surface area (Å²) in [6, 6.07) is 16.6. The standard InChI is InChI=1S/C16H17N3/c1-2-14(17)12-7-9-13(10-8-12)19-11-18-15-5-3-4-6-16(15)19/h3-11,14H,2,17H2,1H3/t14-/m0/s1. The fourth-order valence-corrected chi connectivity index (χ4v) is 2.28. The minimum atomic E-state index is 0.119. The molecule has 3 rings (SSSR count). The van der Waals surface area contributed by atoms with E-state index in [1.165, 1.54) is 5.56 Å². The average Bonchev–Trinajstić information content (AvgIpc) is 2.90. The molecule has 2 aromatic carbocycles. The van der Waals surface area contributed by atoms with Crippen molar-refractivity contribution in [2.45, 2.75) is 19.4 Å². The number of imidazole rings is 1. The van der Waals surface area contributed by atoms with E-state index >= 15 is 0 Å². The third-order valence-electron chi connectivity index (χ3n) is 3.49. The van der Waals surface area contributed by atoms with E-state index in [1.54, 1.807) is 0 Å². The van der Waals surface area contributed by atoms with Crippen molar-refractivity contribution in [3.8, 4) is 5.69 Å². The molecule has 0 radical (unpaired) electrons. The summed E-state index contributed by atoms with van der Waals surface area (Å²) in [7, 11) is 0. The van der Waals surface area contributed by atoms with Gasteiger partial charge in [0.15, 0.2) is 0 Å². The number of nitrogens with zero attached hydrogens (tertiary/aromatic N) is 2. The van der Waals surface area contributed by atoms with Crippen LogP contribution in [-0.4, -0.2) is 9.55 Å². The van der Waals surface area contributed by atoms with E-state index in [1.807, 2.05) is 24.5 Å². The highest BCUT2D eigenvalue weighted by atomic mass is 15.0. The third kappa shape index (κ3) is 2.13. The smallest absolute Gasteiger partial charge is 0.100 e. The molecule has 96 valence electrons. The molecule has 0 fully saturated rings.